The van der Waals surface area contributed by atoms with Gasteiger partial charge in [-0.25, -0.2) is 0 Å². The van der Waals surface area contributed by atoms with E-state index in [1.165, 1.54) is 268 Å². The van der Waals surface area contributed by atoms with Gasteiger partial charge in [-0.15, -0.1) is 0 Å². The average molecular weight is 877 g/mol. The maximum Gasteiger partial charge on any atom is 0.244 e. The highest BCUT2D eigenvalue weighted by Gasteiger charge is 2.13. The third-order valence-corrected chi connectivity index (χ3v) is 16.2. The summed E-state index contributed by atoms with van der Waals surface area (Å²) < 4.78 is 5.66. The first-order valence-electron chi connectivity index (χ1n) is 26.6. The maximum absolute atomic E-state index is 10.3. The van der Waals surface area contributed by atoms with Crippen LogP contribution in [-0.2, 0) is 16.3 Å². The molecule has 0 saturated heterocycles. The van der Waals surface area contributed by atoms with Crippen molar-refractivity contribution in [1.29, 1.82) is 0 Å². The van der Waals surface area contributed by atoms with Gasteiger partial charge in [0, 0.05) is 5.75 Å². The zero-order valence-corrected chi connectivity index (χ0v) is 43.4. The van der Waals surface area contributed by atoms with Crippen LogP contribution in [0.15, 0.2) is 0 Å². The van der Waals surface area contributed by atoms with Crippen LogP contribution in [0.3, 0.4) is 0 Å². The molecule has 1 unspecified atom stereocenters. The lowest BCUT2D eigenvalue weighted by molar-refractivity contribution is 0.307. The van der Waals surface area contributed by atoms with Crippen LogP contribution in [0.5, 0.6) is 0 Å². The van der Waals surface area contributed by atoms with E-state index >= 15 is 0 Å². The number of nitrogens with one attached hydrogen (secondary N) is 1. The van der Waals surface area contributed by atoms with Crippen LogP contribution in [-0.4, -0.2) is 30.3 Å². The van der Waals surface area contributed by atoms with Gasteiger partial charge in [-0.2, -0.15) is 0 Å². The molecule has 0 aromatic rings. The predicted octanol–water partition coefficient (Wildman–Crippen LogP) is 19.5. The van der Waals surface area contributed by atoms with E-state index in [0.29, 0.717) is 6.61 Å². The maximum atomic E-state index is 10.3. The Morgan fingerprint density at radius 1 is 0.414 bits per heavy atom. The minimum atomic E-state index is -2.61. The van der Waals surface area contributed by atoms with Gasteiger partial charge in [0.25, 0.3) is 0 Å². The summed E-state index contributed by atoms with van der Waals surface area (Å²) in [7, 11) is 0. The lowest BCUT2D eigenvalue weighted by Gasteiger charge is -2.15. The molecule has 6 heteroatoms. The van der Waals surface area contributed by atoms with Gasteiger partial charge in [-0.05, 0) is 62.4 Å². The minimum Gasteiger partial charge on any atom is -0.337 e. The second-order valence-corrected chi connectivity index (χ2v) is 25.3. The van der Waals surface area contributed by atoms with Gasteiger partial charge in [-0.3, -0.25) is 0 Å². The van der Waals surface area contributed by atoms with Crippen LogP contribution in [0.4, 0.5) is 0 Å². The number of unbranched alkanes of at least 4 members (excludes halogenated alkanes) is 34. The highest BCUT2D eigenvalue weighted by Crippen LogP contribution is 2.56. The Hall–Kier alpha value is 0.880. The summed E-state index contributed by atoms with van der Waals surface area (Å²) >= 11 is 6.80. The van der Waals surface area contributed by atoms with Crippen LogP contribution in [0.2, 0.25) is 0 Å². The van der Waals surface area contributed by atoms with E-state index < -0.39 is 5.69 Å². The fourth-order valence-corrected chi connectivity index (χ4v) is 11.2. The lowest BCUT2D eigenvalue weighted by atomic mass is 10.0. The number of hydrogen-bond acceptors (Lipinski definition) is 4. The van der Waals surface area contributed by atoms with Gasteiger partial charge >= 0.3 is 0 Å². The summed E-state index contributed by atoms with van der Waals surface area (Å²) in [5.41, 5.74) is -2.61. The molecule has 0 spiro atoms. The third kappa shape index (κ3) is 59.0. The number of rotatable bonds is 48. The van der Waals surface area contributed by atoms with Crippen LogP contribution >= 0.6 is 17.1 Å². The predicted molar refractivity (Wildman–Crippen MR) is 273 cm³/mol. The van der Waals surface area contributed by atoms with Crippen molar-refractivity contribution in [3.05, 3.63) is 0 Å². The van der Waals surface area contributed by atoms with Gasteiger partial charge in [0.05, 0.1) is 6.61 Å². The zero-order valence-electron chi connectivity index (χ0n) is 40.9. The molecule has 0 aromatic carbocycles. The summed E-state index contributed by atoms with van der Waals surface area (Å²) in [6, 6.07) is 0. The van der Waals surface area contributed by atoms with Crippen LogP contribution in [0.1, 0.15) is 298 Å². The Morgan fingerprint density at radius 2 is 0.690 bits per heavy atom. The molecule has 1 atom stereocenters. The van der Waals surface area contributed by atoms with Crippen LogP contribution < -0.4 is 5.32 Å². The van der Waals surface area contributed by atoms with Crippen molar-refractivity contribution < 1.29 is 9.42 Å². The van der Waals surface area contributed by atoms with Gasteiger partial charge < -0.3 is 14.7 Å². The molecule has 0 rings (SSSR count). The summed E-state index contributed by atoms with van der Waals surface area (Å²) in [6.07, 6.45) is 55.6. The second-order valence-electron chi connectivity index (χ2n) is 19.0. The summed E-state index contributed by atoms with van der Waals surface area (Å²) in [6.45, 7) is 17.0. The highest BCUT2D eigenvalue weighted by molar-refractivity contribution is 8.67. The molecular formula is C52H110NO2PS2. The van der Waals surface area contributed by atoms with Crippen molar-refractivity contribution in [2.24, 2.45) is 11.8 Å². The molecule has 0 fully saturated rings. The molecular weight excluding hydrogens is 766 g/mol. The minimum absolute atomic E-state index is 0.631. The zero-order chi connectivity index (χ0) is 42.9. The Morgan fingerprint density at radius 3 is 1.02 bits per heavy atom. The Kier molecular flexibility index (Phi) is 54.9. The highest BCUT2D eigenvalue weighted by atomic mass is 32.9. The van der Waals surface area contributed by atoms with E-state index in [1.54, 1.807) is 0 Å². The summed E-state index contributed by atoms with van der Waals surface area (Å²) in [4.78, 5) is 10.3. The smallest absolute Gasteiger partial charge is 0.244 e. The standard InChI is InChI=1S/C26H55N.C26H55O2PS2/c1-3-5-7-9-11-13-15-17-19-21-23-25-27-26-24-22-20-18-16-14-12-10-8-6-4-2;1-25(2)21-17-13-9-5-7-11-15-19-23-28-29(27,30)31-24-20-16-12-8-6-10-14-18-22-26(3)4/h27H,3-26H2,1-2H3;25-26H,5-24H2,1-4H3,(H,27,30). The second kappa shape index (κ2) is 52.2. The van der Waals surface area contributed by atoms with Crippen molar-refractivity contribution in [2.45, 2.75) is 298 Å². The van der Waals surface area contributed by atoms with E-state index in [2.05, 4.69) is 46.9 Å². The summed E-state index contributed by atoms with van der Waals surface area (Å²) in [5.74, 6) is 2.65. The molecule has 0 radical (unpaired) electrons. The largest absolute Gasteiger partial charge is 0.337 e. The molecule has 0 aliphatic carbocycles. The molecule has 2 N–H and O–H groups in total. The fourth-order valence-electron chi connectivity index (χ4n) is 7.78. The van der Waals surface area contributed by atoms with Gasteiger partial charge in [-0.1, -0.05) is 284 Å². The van der Waals surface area contributed by atoms with E-state index in [9.17, 15) is 4.89 Å². The topological polar surface area (TPSA) is 41.5 Å². The van der Waals surface area contributed by atoms with Crippen molar-refractivity contribution in [3.8, 4) is 0 Å². The molecule has 0 aliphatic heterocycles. The van der Waals surface area contributed by atoms with Crippen LogP contribution in [0.25, 0.3) is 0 Å². The van der Waals surface area contributed by atoms with E-state index in [4.69, 9.17) is 16.3 Å². The first-order chi connectivity index (χ1) is 28.2. The molecule has 352 valence electrons. The Labute approximate surface area is 377 Å². The van der Waals surface area contributed by atoms with Crippen molar-refractivity contribution in [3.63, 3.8) is 0 Å². The van der Waals surface area contributed by atoms with E-state index in [1.807, 2.05) is 0 Å². The van der Waals surface area contributed by atoms with Crippen molar-refractivity contribution in [2.75, 3.05) is 25.4 Å². The SMILES string of the molecule is CC(C)CCCCCCCCCCOP(O)(=S)SCCCCCCCCCCC(C)C.CCCCCCCCCCCCCNCCCCCCCCCCCCC. The third-order valence-electron chi connectivity index (χ3n) is 11.8. The Bertz CT molecular complexity index is 724. The monoisotopic (exact) mass is 876 g/mol. The Balaban J connectivity index is 0. The van der Waals surface area contributed by atoms with Gasteiger partial charge in [0.1, 0.15) is 0 Å². The van der Waals surface area contributed by atoms with Gasteiger partial charge in [0.15, 0.2) is 0 Å². The fraction of sp³-hybridized carbons (Fsp3) is 1.00. The average Bonchev–Trinajstić information content (AvgIpc) is 3.19. The quantitative estimate of drug-likeness (QED) is 0.0471. The first kappa shape index (κ1) is 61.0. The van der Waals surface area contributed by atoms with Crippen molar-refractivity contribution >= 4 is 28.9 Å². The molecule has 0 aliphatic rings. The summed E-state index contributed by atoms with van der Waals surface area (Å²) in [5, 5.41) is 3.65. The molecule has 58 heavy (non-hydrogen) atoms. The van der Waals surface area contributed by atoms with Crippen LogP contribution in [0, 0.1) is 11.8 Å². The molecule has 0 heterocycles. The lowest BCUT2D eigenvalue weighted by Crippen LogP contribution is -2.16. The molecule has 0 saturated carbocycles. The molecule has 3 nitrogen and oxygen atoms in total. The van der Waals surface area contributed by atoms with E-state index in [0.717, 1.165) is 30.4 Å². The van der Waals surface area contributed by atoms with Crippen molar-refractivity contribution in [1.82, 2.24) is 5.32 Å². The first-order valence-corrected chi connectivity index (χ1v) is 30.8. The molecule has 0 bridgehead atoms. The van der Waals surface area contributed by atoms with E-state index in [-0.39, 0.29) is 0 Å². The number of hydrogen-bond donors (Lipinski definition) is 2. The van der Waals surface area contributed by atoms with Gasteiger partial charge in [0.2, 0.25) is 5.69 Å². The molecule has 0 aromatic heterocycles. The normalized spacial score (nSPS) is 12.7. The molecule has 0 amide bonds.